The third kappa shape index (κ3) is 2.78. The summed E-state index contributed by atoms with van der Waals surface area (Å²) in [5.74, 6) is 0.739. The number of piperidine rings is 1. The standard InChI is InChI=1S/C12H17N3/c13-12(15-7-2-1-3-8-15)9-11-5-4-6-14-10-11/h4-6,10,13H,1-3,7-9H2. The van der Waals surface area contributed by atoms with Crippen molar-refractivity contribution >= 4 is 5.84 Å². The minimum absolute atomic E-state index is 0.716. The molecule has 0 spiro atoms. The lowest BCUT2D eigenvalue weighted by Gasteiger charge is -2.29. The number of hydrogen-bond acceptors (Lipinski definition) is 2. The summed E-state index contributed by atoms with van der Waals surface area (Å²) < 4.78 is 0. The molecule has 15 heavy (non-hydrogen) atoms. The Morgan fingerprint density at radius 1 is 1.33 bits per heavy atom. The van der Waals surface area contributed by atoms with Crippen molar-refractivity contribution in [3.63, 3.8) is 0 Å². The van der Waals surface area contributed by atoms with E-state index < -0.39 is 0 Å². The molecule has 0 radical (unpaired) electrons. The van der Waals surface area contributed by atoms with Gasteiger partial charge in [-0.2, -0.15) is 0 Å². The van der Waals surface area contributed by atoms with Gasteiger partial charge >= 0.3 is 0 Å². The topological polar surface area (TPSA) is 40.0 Å². The van der Waals surface area contributed by atoms with Gasteiger partial charge in [0, 0.05) is 31.9 Å². The van der Waals surface area contributed by atoms with E-state index in [0.29, 0.717) is 6.42 Å². The molecule has 2 rings (SSSR count). The highest BCUT2D eigenvalue weighted by Gasteiger charge is 2.13. The molecular formula is C12H17N3. The van der Waals surface area contributed by atoms with Crippen molar-refractivity contribution in [1.29, 1.82) is 5.41 Å². The van der Waals surface area contributed by atoms with E-state index in [1.165, 1.54) is 19.3 Å². The van der Waals surface area contributed by atoms with Gasteiger partial charge in [0.1, 0.15) is 5.84 Å². The van der Waals surface area contributed by atoms with E-state index in [0.717, 1.165) is 24.5 Å². The van der Waals surface area contributed by atoms with Crippen molar-refractivity contribution in [2.24, 2.45) is 0 Å². The molecule has 2 heterocycles. The van der Waals surface area contributed by atoms with E-state index in [9.17, 15) is 0 Å². The third-order valence-corrected chi connectivity index (χ3v) is 2.83. The molecule has 0 aliphatic carbocycles. The number of pyridine rings is 1. The Morgan fingerprint density at radius 2 is 2.13 bits per heavy atom. The minimum Gasteiger partial charge on any atom is -0.360 e. The first-order valence-corrected chi connectivity index (χ1v) is 5.57. The highest BCUT2D eigenvalue weighted by Crippen LogP contribution is 2.10. The van der Waals surface area contributed by atoms with Crippen LogP contribution in [0.3, 0.4) is 0 Å². The van der Waals surface area contributed by atoms with Crippen LogP contribution in [0.4, 0.5) is 0 Å². The normalized spacial score (nSPS) is 16.4. The number of rotatable bonds is 2. The van der Waals surface area contributed by atoms with Crippen LogP contribution >= 0.6 is 0 Å². The highest BCUT2D eigenvalue weighted by molar-refractivity contribution is 5.81. The predicted molar refractivity (Wildman–Crippen MR) is 61.1 cm³/mol. The van der Waals surface area contributed by atoms with Gasteiger partial charge in [-0.1, -0.05) is 6.07 Å². The van der Waals surface area contributed by atoms with E-state index in [1.807, 2.05) is 18.3 Å². The fourth-order valence-corrected chi connectivity index (χ4v) is 1.97. The second-order valence-corrected chi connectivity index (χ2v) is 4.03. The van der Waals surface area contributed by atoms with Gasteiger partial charge in [-0.15, -0.1) is 0 Å². The molecule has 0 saturated carbocycles. The van der Waals surface area contributed by atoms with Gasteiger partial charge in [-0.25, -0.2) is 0 Å². The lowest BCUT2D eigenvalue weighted by Crippen LogP contribution is -2.36. The summed E-state index contributed by atoms with van der Waals surface area (Å²) in [6.45, 7) is 2.11. The fraction of sp³-hybridized carbons (Fsp3) is 0.500. The summed E-state index contributed by atoms with van der Waals surface area (Å²) in [6, 6.07) is 3.96. The van der Waals surface area contributed by atoms with Crippen LogP contribution in [0.15, 0.2) is 24.5 Å². The Hall–Kier alpha value is -1.38. The van der Waals surface area contributed by atoms with Gasteiger partial charge in [0.25, 0.3) is 0 Å². The van der Waals surface area contributed by atoms with Crippen LogP contribution in [-0.2, 0) is 6.42 Å². The Morgan fingerprint density at radius 3 is 2.80 bits per heavy atom. The number of aromatic nitrogens is 1. The zero-order valence-corrected chi connectivity index (χ0v) is 8.95. The van der Waals surface area contributed by atoms with E-state index in [1.54, 1.807) is 6.20 Å². The quantitative estimate of drug-likeness (QED) is 0.590. The first-order valence-electron chi connectivity index (χ1n) is 5.57. The molecule has 1 aliphatic heterocycles. The molecule has 0 amide bonds. The monoisotopic (exact) mass is 203 g/mol. The molecule has 0 aromatic carbocycles. The average Bonchev–Trinajstić information content (AvgIpc) is 2.31. The molecule has 1 aromatic heterocycles. The molecule has 1 fully saturated rings. The van der Waals surface area contributed by atoms with Gasteiger partial charge in [-0.05, 0) is 30.9 Å². The Labute approximate surface area is 90.6 Å². The molecule has 0 atom stereocenters. The molecule has 1 saturated heterocycles. The van der Waals surface area contributed by atoms with Gasteiger partial charge in [-0.3, -0.25) is 10.4 Å². The smallest absolute Gasteiger partial charge is 0.100 e. The van der Waals surface area contributed by atoms with Gasteiger partial charge < -0.3 is 4.90 Å². The molecule has 0 bridgehead atoms. The zero-order valence-electron chi connectivity index (χ0n) is 8.95. The summed E-state index contributed by atoms with van der Waals surface area (Å²) in [7, 11) is 0. The van der Waals surface area contributed by atoms with Crippen molar-refractivity contribution in [2.75, 3.05) is 13.1 Å². The van der Waals surface area contributed by atoms with Crippen LogP contribution in [0.1, 0.15) is 24.8 Å². The van der Waals surface area contributed by atoms with Crippen LogP contribution in [0.2, 0.25) is 0 Å². The number of nitrogens with zero attached hydrogens (tertiary/aromatic N) is 2. The van der Waals surface area contributed by atoms with Crippen LogP contribution in [0, 0.1) is 5.41 Å². The summed E-state index contributed by atoms with van der Waals surface area (Å²) in [6.07, 6.45) is 8.11. The van der Waals surface area contributed by atoms with Crippen LogP contribution in [-0.4, -0.2) is 28.8 Å². The van der Waals surface area contributed by atoms with Gasteiger partial charge in [0.2, 0.25) is 0 Å². The summed E-state index contributed by atoms with van der Waals surface area (Å²) >= 11 is 0. The van der Waals surface area contributed by atoms with Crippen LogP contribution < -0.4 is 0 Å². The van der Waals surface area contributed by atoms with E-state index >= 15 is 0 Å². The van der Waals surface area contributed by atoms with Gasteiger partial charge in [0.05, 0.1) is 0 Å². The van der Waals surface area contributed by atoms with Crippen molar-refractivity contribution in [1.82, 2.24) is 9.88 Å². The summed E-state index contributed by atoms with van der Waals surface area (Å²) in [5.41, 5.74) is 1.13. The van der Waals surface area contributed by atoms with Crippen molar-refractivity contribution in [2.45, 2.75) is 25.7 Å². The van der Waals surface area contributed by atoms with Crippen LogP contribution in [0.5, 0.6) is 0 Å². The lowest BCUT2D eigenvalue weighted by molar-refractivity contribution is 0.336. The first kappa shape index (κ1) is 10.1. The Balaban J connectivity index is 1.91. The number of likely N-dealkylation sites (tertiary alicyclic amines) is 1. The zero-order chi connectivity index (χ0) is 10.5. The Bertz CT molecular complexity index is 315. The number of nitrogens with one attached hydrogen (secondary N) is 1. The summed E-state index contributed by atoms with van der Waals surface area (Å²) in [5, 5.41) is 8.02. The maximum Gasteiger partial charge on any atom is 0.100 e. The number of amidine groups is 1. The van der Waals surface area contributed by atoms with Crippen molar-refractivity contribution in [3.8, 4) is 0 Å². The van der Waals surface area contributed by atoms with E-state index in [4.69, 9.17) is 5.41 Å². The maximum atomic E-state index is 8.02. The second kappa shape index (κ2) is 4.91. The van der Waals surface area contributed by atoms with Crippen LogP contribution in [0.25, 0.3) is 0 Å². The van der Waals surface area contributed by atoms with Crippen molar-refractivity contribution < 1.29 is 0 Å². The summed E-state index contributed by atoms with van der Waals surface area (Å²) in [4.78, 5) is 6.26. The molecule has 1 N–H and O–H groups in total. The van der Waals surface area contributed by atoms with E-state index in [-0.39, 0.29) is 0 Å². The largest absolute Gasteiger partial charge is 0.360 e. The van der Waals surface area contributed by atoms with Crippen molar-refractivity contribution in [3.05, 3.63) is 30.1 Å². The van der Waals surface area contributed by atoms with E-state index in [2.05, 4.69) is 9.88 Å². The number of hydrogen-bond donors (Lipinski definition) is 1. The molecule has 1 aliphatic rings. The molecule has 1 aromatic rings. The van der Waals surface area contributed by atoms with Gasteiger partial charge in [0.15, 0.2) is 0 Å². The minimum atomic E-state index is 0.716. The maximum absolute atomic E-state index is 8.02. The highest BCUT2D eigenvalue weighted by atomic mass is 15.2. The molecule has 80 valence electrons. The molecule has 0 unspecified atom stereocenters. The molecular weight excluding hydrogens is 186 g/mol. The first-order chi connectivity index (χ1) is 7.36. The SMILES string of the molecule is N=C(Cc1cccnc1)N1CCCCC1. The average molecular weight is 203 g/mol. The molecule has 3 nitrogen and oxygen atoms in total. The Kier molecular flexibility index (Phi) is 3.33. The fourth-order valence-electron chi connectivity index (χ4n) is 1.97. The molecule has 3 heteroatoms. The third-order valence-electron chi connectivity index (χ3n) is 2.83. The lowest BCUT2D eigenvalue weighted by atomic mass is 10.1. The predicted octanol–water partition coefficient (Wildman–Crippen LogP) is 2.09. The second-order valence-electron chi connectivity index (χ2n) is 4.03.